The number of fused-ring (bicyclic) bond motifs is 3. The van der Waals surface area contributed by atoms with Crippen LogP contribution in [0.4, 0.5) is 11.4 Å². The number of pyridine rings is 1. The van der Waals surface area contributed by atoms with Crippen molar-refractivity contribution in [2.45, 2.75) is 31.6 Å². The first kappa shape index (κ1) is 44.9. The van der Waals surface area contributed by atoms with Gasteiger partial charge in [0.15, 0.2) is 0 Å². The quantitative estimate of drug-likeness (QED) is 0.106. The van der Waals surface area contributed by atoms with Gasteiger partial charge < -0.3 is 21.8 Å². The maximum absolute atomic E-state index is 5.01. The Balaban J connectivity index is 0.00000281. The van der Waals surface area contributed by atoms with Gasteiger partial charge in [-0.15, -0.1) is 22.6 Å². The van der Waals surface area contributed by atoms with Crippen LogP contribution >= 0.6 is 0 Å². The third-order valence-electron chi connectivity index (χ3n) is 12.9. The molecule has 8 aromatic carbocycles. The third-order valence-corrected chi connectivity index (χ3v) is 12.9. The molecule has 1 aliphatic rings. The van der Waals surface area contributed by atoms with Crippen LogP contribution in [-0.4, -0.2) is 16.2 Å². The van der Waals surface area contributed by atoms with E-state index >= 15 is 0 Å². The fourth-order valence-corrected chi connectivity index (χ4v) is 9.62. The molecule has 67 heavy (non-hydrogen) atoms. The van der Waals surface area contributed by atoms with Crippen molar-refractivity contribution in [1.29, 1.82) is 0 Å². The zero-order chi connectivity index (χ0) is 44.0. The Kier molecular flexibility index (Phi) is 12.4. The van der Waals surface area contributed by atoms with E-state index in [1.54, 1.807) is 0 Å². The summed E-state index contributed by atoms with van der Waals surface area (Å²) in [4.78, 5) is 9.62. The van der Waals surface area contributed by atoms with Gasteiger partial charge in [-0.1, -0.05) is 172 Å². The van der Waals surface area contributed by atoms with Crippen LogP contribution in [0.2, 0.25) is 0 Å². The molecule has 2 aromatic heterocycles. The maximum Gasteiger partial charge on any atom is 0.135 e. The first-order chi connectivity index (χ1) is 31.8. The number of hydrogen-bond acceptors (Lipinski definition) is 3. The van der Waals surface area contributed by atoms with E-state index in [0.29, 0.717) is 6.67 Å². The Morgan fingerprint density at radius 2 is 1.04 bits per heavy atom. The molecule has 0 N–H and O–H groups in total. The Hall–Kier alpha value is -7.26. The van der Waals surface area contributed by atoms with Crippen molar-refractivity contribution in [3.05, 3.63) is 272 Å². The first-order valence-electron chi connectivity index (χ1n) is 22.4. The van der Waals surface area contributed by atoms with Crippen molar-refractivity contribution in [3.8, 4) is 28.1 Å². The first-order valence-corrected chi connectivity index (χ1v) is 22.4. The van der Waals surface area contributed by atoms with Gasteiger partial charge >= 0.3 is 0 Å². The van der Waals surface area contributed by atoms with Gasteiger partial charge in [0.25, 0.3) is 0 Å². The molecular weight excluding hydrogens is 996 g/mol. The van der Waals surface area contributed by atoms with Crippen LogP contribution in [0, 0.1) is 19.6 Å². The molecule has 0 unspecified atom stereocenters. The molecule has 11 rings (SSSR count). The van der Waals surface area contributed by atoms with Crippen LogP contribution in [0.15, 0.2) is 225 Å². The predicted octanol–water partition coefficient (Wildman–Crippen LogP) is 15.0. The molecule has 0 bridgehead atoms. The number of rotatable bonds is 9. The Bertz CT molecular complexity index is 3240. The molecule has 0 amide bonds. The minimum absolute atomic E-state index is 0. The minimum Gasteiger partial charge on any atom is -0.358 e. The van der Waals surface area contributed by atoms with Crippen LogP contribution < -0.4 is 9.80 Å². The number of benzene rings is 8. The summed E-state index contributed by atoms with van der Waals surface area (Å²) in [5, 5.41) is 2.30. The number of para-hydroxylation sites is 1. The van der Waals surface area contributed by atoms with Gasteiger partial charge in [-0.05, 0) is 86.1 Å². The van der Waals surface area contributed by atoms with E-state index < -0.39 is 5.41 Å². The van der Waals surface area contributed by atoms with Crippen molar-refractivity contribution < 1.29 is 21.1 Å². The molecule has 10 aromatic rings. The van der Waals surface area contributed by atoms with Gasteiger partial charge in [0, 0.05) is 56.3 Å². The molecule has 5 heteroatoms. The third kappa shape index (κ3) is 8.21. The van der Waals surface area contributed by atoms with Gasteiger partial charge in [0.2, 0.25) is 0 Å². The molecule has 0 fully saturated rings. The van der Waals surface area contributed by atoms with E-state index in [9.17, 15) is 0 Å². The van der Waals surface area contributed by atoms with Gasteiger partial charge in [0.1, 0.15) is 5.82 Å². The summed E-state index contributed by atoms with van der Waals surface area (Å²) >= 11 is 0. The van der Waals surface area contributed by atoms with Crippen molar-refractivity contribution >= 4 is 33.2 Å². The van der Waals surface area contributed by atoms with E-state index in [-0.39, 0.29) is 33.9 Å². The molecule has 0 saturated heterocycles. The summed E-state index contributed by atoms with van der Waals surface area (Å²) in [6.45, 7) is 7.39. The Morgan fingerprint density at radius 3 is 1.67 bits per heavy atom. The van der Waals surface area contributed by atoms with Crippen LogP contribution in [0.5, 0.6) is 0 Å². The summed E-state index contributed by atoms with van der Waals surface area (Å²) in [7, 11) is 0. The standard InChI is InChI=1S/C61H48N4.CH3.Pt/c1-60(2,3)50-33-34-62-59(42-50)65-57-30-17-16-29-55(57)56-32-31-52(41-58(56)65)61(48-23-12-6-13-24-48,49-25-14-7-15-26-49)51-27-18-28-53(40-51)63-35-36-64(43-63)54-38-46(44-19-8-4-9-20-44)37-47(39-54)45-21-10-5-11-22-45;;/h4-39,42H,43H2,1-3H3;1H3;/q-2;-1;. The van der Waals surface area contributed by atoms with E-state index in [1.165, 1.54) is 33.2 Å². The Morgan fingerprint density at radius 1 is 0.478 bits per heavy atom. The molecule has 0 atom stereocenters. The van der Waals surface area contributed by atoms with E-state index in [2.05, 4.69) is 266 Å². The van der Waals surface area contributed by atoms with Crippen molar-refractivity contribution in [2.75, 3.05) is 16.5 Å². The molecule has 0 aliphatic carbocycles. The summed E-state index contributed by atoms with van der Waals surface area (Å²) < 4.78 is 2.30. The van der Waals surface area contributed by atoms with Crippen molar-refractivity contribution in [1.82, 2.24) is 9.55 Å². The van der Waals surface area contributed by atoms with Crippen LogP contribution in [0.25, 0.3) is 49.9 Å². The van der Waals surface area contributed by atoms with Gasteiger partial charge in [-0.3, -0.25) is 0 Å². The SMILES string of the molecule is CC(C)(C)c1ccnc(-n2c3[c-]c(C(c4[c-]c(N5C=CN(c6cc(-c7ccccc7)cc(-c7ccccc7)c6)C5)ccc4)(c4ccccc4)c4ccccc4)ccc3c3ccccc32)c1.[CH3-].[Pt]. The zero-order valence-electron chi connectivity index (χ0n) is 38.2. The second-order valence-corrected chi connectivity index (χ2v) is 18.0. The topological polar surface area (TPSA) is 24.3 Å². The summed E-state index contributed by atoms with van der Waals surface area (Å²) in [6.07, 6.45) is 6.30. The molecule has 4 nitrogen and oxygen atoms in total. The van der Waals surface area contributed by atoms with Crippen molar-refractivity contribution in [2.24, 2.45) is 0 Å². The predicted molar refractivity (Wildman–Crippen MR) is 276 cm³/mol. The second kappa shape index (κ2) is 18.6. The molecule has 3 heterocycles. The van der Waals surface area contributed by atoms with Gasteiger partial charge in [-0.2, -0.15) is 36.4 Å². The van der Waals surface area contributed by atoms with Crippen molar-refractivity contribution in [3.63, 3.8) is 0 Å². The molecular formula is C62H51N4Pt-3. The van der Waals surface area contributed by atoms with E-state index in [4.69, 9.17) is 4.98 Å². The summed E-state index contributed by atoms with van der Waals surface area (Å²) in [5.74, 6) is 0.881. The molecule has 0 spiro atoms. The monoisotopic (exact) mass is 1050 g/mol. The average Bonchev–Trinajstić information content (AvgIpc) is 3.99. The van der Waals surface area contributed by atoms with Crippen LogP contribution in [0.1, 0.15) is 48.6 Å². The summed E-state index contributed by atoms with van der Waals surface area (Å²) in [5.41, 5.74) is 13.7. The smallest absolute Gasteiger partial charge is 0.135 e. The molecule has 0 saturated carbocycles. The van der Waals surface area contributed by atoms with Crippen LogP contribution in [-0.2, 0) is 31.9 Å². The number of aromatic nitrogens is 2. The normalized spacial score (nSPS) is 12.6. The Labute approximate surface area is 409 Å². The molecule has 1 aliphatic heterocycles. The number of anilines is 2. The molecule has 0 radical (unpaired) electrons. The number of nitrogens with zero attached hydrogens (tertiary/aromatic N) is 4. The zero-order valence-corrected chi connectivity index (χ0v) is 40.4. The van der Waals surface area contributed by atoms with Gasteiger partial charge in [-0.25, -0.2) is 4.98 Å². The fraction of sp³-hybridized carbons (Fsp3) is 0.0968. The maximum atomic E-state index is 5.01. The van der Waals surface area contributed by atoms with E-state index in [0.717, 1.165) is 55.9 Å². The van der Waals surface area contributed by atoms with Crippen LogP contribution in [0.3, 0.4) is 0 Å². The minimum atomic E-state index is -0.785. The van der Waals surface area contributed by atoms with E-state index in [1.807, 2.05) is 6.20 Å². The molecule has 332 valence electrons. The summed E-state index contributed by atoms with van der Waals surface area (Å²) in [6, 6.07) is 82.2. The fourth-order valence-electron chi connectivity index (χ4n) is 9.62. The average molecular weight is 1050 g/mol. The second-order valence-electron chi connectivity index (χ2n) is 18.0. The van der Waals surface area contributed by atoms with Gasteiger partial charge in [0.05, 0.1) is 6.67 Å². The number of hydrogen-bond donors (Lipinski definition) is 0. The largest absolute Gasteiger partial charge is 0.358 e.